The number of nitrogens with one attached hydrogen (secondary N) is 1. The van der Waals surface area contributed by atoms with Crippen molar-refractivity contribution < 1.29 is 9.53 Å². The predicted octanol–water partition coefficient (Wildman–Crippen LogP) is 3.28. The van der Waals surface area contributed by atoms with Crippen LogP contribution in [-0.4, -0.2) is 38.6 Å². The van der Waals surface area contributed by atoms with E-state index < -0.39 is 0 Å². The molecule has 0 aliphatic rings. The van der Waals surface area contributed by atoms with Gasteiger partial charge in [-0.25, -0.2) is 0 Å². The molecule has 1 unspecified atom stereocenters. The molecule has 1 aromatic heterocycles. The van der Waals surface area contributed by atoms with Crippen LogP contribution in [0.25, 0.3) is 11.4 Å². The lowest BCUT2D eigenvalue weighted by molar-refractivity contribution is -0.121. The molecular formula is C18H26N4O2S. The first-order chi connectivity index (χ1) is 11.8. The SMILES string of the molecule is CCC(C)(C)NC(=O)C(C)Sc1nnc(-c2ccccc2OC)n1C. The van der Waals surface area contributed by atoms with Crippen molar-refractivity contribution >= 4 is 17.7 Å². The molecule has 1 amide bonds. The molecule has 7 heteroatoms. The van der Waals surface area contributed by atoms with Gasteiger partial charge in [-0.1, -0.05) is 30.8 Å². The van der Waals surface area contributed by atoms with Crippen molar-refractivity contribution in [2.75, 3.05) is 7.11 Å². The summed E-state index contributed by atoms with van der Waals surface area (Å²) in [7, 11) is 3.53. The van der Waals surface area contributed by atoms with E-state index in [1.165, 1.54) is 11.8 Å². The van der Waals surface area contributed by atoms with Gasteiger partial charge in [0.15, 0.2) is 11.0 Å². The predicted molar refractivity (Wildman–Crippen MR) is 101 cm³/mol. The van der Waals surface area contributed by atoms with Gasteiger partial charge in [0.1, 0.15) is 5.75 Å². The van der Waals surface area contributed by atoms with E-state index in [2.05, 4.69) is 22.4 Å². The molecule has 0 bridgehead atoms. The Balaban J connectivity index is 2.17. The summed E-state index contributed by atoms with van der Waals surface area (Å²) < 4.78 is 7.28. The fraction of sp³-hybridized carbons (Fsp3) is 0.500. The second-order valence-corrected chi connectivity index (χ2v) is 7.86. The Morgan fingerprint density at radius 1 is 1.36 bits per heavy atom. The lowest BCUT2D eigenvalue weighted by atomic mass is 10.0. The van der Waals surface area contributed by atoms with Gasteiger partial charge in [0, 0.05) is 12.6 Å². The molecule has 1 atom stereocenters. The monoisotopic (exact) mass is 362 g/mol. The maximum atomic E-state index is 12.4. The summed E-state index contributed by atoms with van der Waals surface area (Å²) in [6.07, 6.45) is 0.873. The van der Waals surface area contributed by atoms with Crippen LogP contribution in [-0.2, 0) is 11.8 Å². The van der Waals surface area contributed by atoms with Crippen LogP contribution in [0.4, 0.5) is 0 Å². The number of hydrogen-bond donors (Lipinski definition) is 1. The van der Waals surface area contributed by atoms with E-state index in [0.29, 0.717) is 11.0 Å². The summed E-state index contributed by atoms with van der Waals surface area (Å²) >= 11 is 1.39. The van der Waals surface area contributed by atoms with Crippen LogP contribution in [0.5, 0.6) is 5.75 Å². The zero-order valence-electron chi connectivity index (χ0n) is 15.7. The Labute approximate surface area is 153 Å². The van der Waals surface area contributed by atoms with E-state index in [1.807, 2.05) is 56.7 Å². The van der Waals surface area contributed by atoms with Crippen molar-refractivity contribution in [1.29, 1.82) is 0 Å². The Morgan fingerprint density at radius 3 is 2.68 bits per heavy atom. The number of aromatic nitrogens is 3. The van der Waals surface area contributed by atoms with E-state index in [-0.39, 0.29) is 16.7 Å². The van der Waals surface area contributed by atoms with Crippen LogP contribution in [0.3, 0.4) is 0 Å². The molecule has 0 fully saturated rings. The number of para-hydroxylation sites is 1. The third kappa shape index (κ3) is 4.54. The highest BCUT2D eigenvalue weighted by Crippen LogP contribution is 2.31. The van der Waals surface area contributed by atoms with Gasteiger partial charge in [0.25, 0.3) is 0 Å². The molecule has 0 radical (unpaired) electrons. The number of ether oxygens (including phenoxy) is 1. The van der Waals surface area contributed by atoms with Gasteiger partial charge in [-0.15, -0.1) is 10.2 Å². The van der Waals surface area contributed by atoms with E-state index in [0.717, 1.165) is 17.7 Å². The summed E-state index contributed by atoms with van der Waals surface area (Å²) in [4.78, 5) is 12.4. The molecule has 0 aliphatic heterocycles. The highest BCUT2D eigenvalue weighted by atomic mass is 32.2. The van der Waals surface area contributed by atoms with Gasteiger partial charge in [-0.05, 0) is 39.3 Å². The second kappa shape index (κ2) is 7.91. The molecule has 25 heavy (non-hydrogen) atoms. The molecule has 0 saturated heterocycles. The van der Waals surface area contributed by atoms with E-state index >= 15 is 0 Å². The van der Waals surface area contributed by atoms with Gasteiger partial charge in [-0.2, -0.15) is 0 Å². The van der Waals surface area contributed by atoms with Crippen molar-refractivity contribution in [3.8, 4) is 17.1 Å². The molecule has 0 spiro atoms. The summed E-state index contributed by atoms with van der Waals surface area (Å²) in [5.41, 5.74) is 0.657. The van der Waals surface area contributed by atoms with Gasteiger partial charge >= 0.3 is 0 Å². The highest BCUT2D eigenvalue weighted by molar-refractivity contribution is 8.00. The zero-order chi connectivity index (χ0) is 18.6. The van der Waals surface area contributed by atoms with Crippen molar-refractivity contribution in [1.82, 2.24) is 20.1 Å². The summed E-state index contributed by atoms with van der Waals surface area (Å²) in [6, 6.07) is 7.68. The smallest absolute Gasteiger partial charge is 0.233 e. The topological polar surface area (TPSA) is 69.0 Å². The van der Waals surface area contributed by atoms with Gasteiger partial charge < -0.3 is 14.6 Å². The number of benzene rings is 1. The lowest BCUT2D eigenvalue weighted by Crippen LogP contribution is -2.46. The molecule has 2 aromatic rings. The second-order valence-electron chi connectivity index (χ2n) is 6.55. The first-order valence-electron chi connectivity index (χ1n) is 8.30. The van der Waals surface area contributed by atoms with Crippen LogP contribution in [0.15, 0.2) is 29.4 Å². The van der Waals surface area contributed by atoms with Crippen molar-refractivity contribution in [2.45, 2.75) is 50.1 Å². The average Bonchev–Trinajstić information content (AvgIpc) is 2.95. The minimum atomic E-state index is -0.265. The Kier molecular flexibility index (Phi) is 6.11. The first-order valence-corrected chi connectivity index (χ1v) is 9.18. The van der Waals surface area contributed by atoms with E-state index in [4.69, 9.17) is 4.74 Å². The number of thioether (sulfide) groups is 1. The molecule has 136 valence electrons. The van der Waals surface area contributed by atoms with Gasteiger partial charge in [0.2, 0.25) is 5.91 Å². The Morgan fingerprint density at radius 2 is 2.04 bits per heavy atom. The van der Waals surface area contributed by atoms with Crippen molar-refractivity contribution in [3.05, 3.63) is 24.3 Å². The summed E-state index contributed by atoms with van der Waals surface area (Å²) in [6.45, 7) is 7.97. The summed E-state index contributed by atoms with van der Waals surface area (Å²) in [5, 5.41) is 12.0. The Hall–Kier alpha value is -2.02. The molecule has 1 N–H and O–H groups in total. The molecule has 0 aliphatic carbocycles. The van der Waals surface area contributed by atoms with Crippen LogP contribution in [0.2, 0.25) is 0 Å². The van der Waals surface area contributed by atoms with Crippen LogP contribution in [0, 0.1) is 0 Å². The molecule has 0 saturated carbocycles. The number of hydrogen-bond acceptors (Lipinski definition) is 5. The molecule has 2 rings (SSSR count). The summed E-state index contributed by atoms with van der Waals surface area (Å²) in [5.74, 6) is 1.45. The number of methoxy groups -OCH3 is 1. The van der Waals surface area contributed by atoms with E-state index in [1.54, 1.807) is 7.11 Å². The van der Waals surface area contributed by atoms with Crippen LogP contribution >= 0.6 is 11.8 Å². The van der Waals surface area contributed by atoms with Crippen LogP contribution < -0.4 is 10.1 Å². The lowest BCUT2D eigenvalue weighted by Gasteiger charge is -2.26. The van der Waals surface area contributed by atoms with Crippen molar-refractivity contribution in [3.63, 3.8) is 0 Å². The standard InChI is InChI=1S/C18H26N4O2S/c1-7-18(3,4)19-16(23)12(2)25-17-21-20-15(22(17)5)13-10-8-9-11-14(13)24-6/h8-12H,7H2,1-6H3,(H,19,23). The average molecular weight is 362 g/mol. The molecular weight excluding hydrogens is 336 g/mol. The first kappa shape index (κ1) is 19.3. The minimum absolute atomic E-state index is 0.00121. The quantitative estimate of drug-likeness (QED) is 0.766. The number of rotatable bonds is 7. The third-order valence-electron chi connectivity index (χ3n) is 4.18. The highest BCUT2D eigenvalue weighted by Gasteiger charge is 2.24. The Bertz CT molecular complexity index is 742. The fourth-order valence-electron chi connectivity index (χ4n) is 2.22. The zero-order valence-corrected chi connectivity index (χ0v) is 16.5. The van der Waals surface area contributed by atoms with Gasteiger partial charge in [-0.3, -0.25) is 4.79 Å². The van der Waals surface area contributed by atoms with Crippen molar-refractivity contribution in [2.24, 2.45) is 7.05 Å². The largest absolute Gasteiger partial charge is 0.496 e. The number of carbonyl (C=O) groups is 1. The number of nitrogens with zero attached hydrogens (tertiary/aromatic N) is 3. The normalized spacial score (nSPS) is 12.7. The molecule has 1 aromatic carbocycles. The number of amides is 1. The van der Waals surface area contributed by atoms with Crippen LogP contribution in [0.1, 0.15) is 34.1 Å². The molecule has 6 nitrogen and oxygen atoms in total. The van der Waals surface area contributed by atoms with Gasteiger partial charge in [0.05, 0.1) is 17.9 Å². The maximum absolute atomic E-state index is 12.4. The van der Waals surface area contributed by atoms with E-state index in [9.17, 15) is 4.79 Å². The maximum Gasteiger partial charge on any atom is 0.233 e. The third-order valence-corrected chi connectivity index (χ3v) is 5.31. The molecule has 1 heterocycles. The minimum Gasteiger partial charge on any atom is -0.496 e. The number of carbonyl (C=O) groups excluding carboxylic acids is 1. The fourth-order valence-corrected chi connectivity index (χ4v) is 3.03.